The Hall–Kier alpha value is -1.02. The van der Waals surface area contributed by atoms with Gasteiger partial charge >= 0.3 is 0 Å². The first-order chi connectivity index (χ1) is 9.29. The third-order valence-corrected chi connectivity index (χ3v) is 3.96. The maximum Gasteiger partial charge on any atom is 0.122 e. The number of fused-ring (bicyclic) bond motifs is 1. The first-order valence-electron chi connectivity index (χ1n) is 7.75. The van der Waals surface area contributed by atoms with Crippen LogP contribution in [0.15, 0.2) is 18.2 Å². The lowest BCUT2D eigenvalue weighted by Gasteiger charge is -2.18. The fourth-order valence-electron chi connectivity index (χ4n) is 2.65. The normalized spacial score (nSPS) is 15.7. The third kappa shape index (κ3) is 4.54. The van der Waals surface area contributed by atoms with Crippen molar-refractivity contribution >= 4 is 0 Å². The van der Waals surface area contributed by atoms with Gasteiger partial charge in [-0.2, -0.15) is 0 Å². The van der Waals surface area contributed by atoms with Crippen molar-refractivity contribution in [1.82, 2.24) is 5.32 Å². The van der Waals surface area contributed by atoms with Crippen molar-refractivity contribution in [2.24, 2.45) is 5.92 Å². The molecule has 1 heterocycles. The summed E-state index contributed by atoms with van der Waals surface area (Å²) < 4.78 is 5.66. The van der Waals surface area contributed by atoms with Crippen LogP contribution in [0.2, 0.25) is 0 Å². The summed E-state index contributed by atoms with van der Waals surface area (Å²) >= 11 is 0. The zero-order valence-corrected chi connectivity index (χ0v) is 12.4. The van der Waals surface area contributed by atoms with Crippen LogP contribution in [0, 0.1) is 5.92 Å². The molecule has 2 rings (SSSR count). The summed E-state index contributed by atoms with van der Waals surface area (Å²) in [5.41, 5.74) is 2.88. The molecule has 0 aromatic heterocycles. The Bertz CT molecular complexity index is 389. The molecule has 0 spiro atoms. The molecule has 0 saturated heterocycles. The molecule has 2 heteroatoms. The van der Waals surface area contributed by atoms with E-state index in [0.717, 1.165) is 37.8 Å². The first-order valence-corrected chi connectivity index (χ1v) is 7.75. The summed E-state index contributed by atoms with van der Waals surface area (Å²) in [6.07, 6.45) is 6.10. The van der Waals surface area contributed by atoms with Crippen molar-refractivity contribution in [2.45, 2.75) is 46.0 Å². The quantitative estimate of drug-likeness (QED) is 0.758. The molecule has 0 radical (unpaired) electrons. The second kappa shape index (κ2) is 7.54. The monoisotopic (exact) mass is 261 g/mol. The van der Waals surface area contributed by atoms with Crippen molar-refractivity contribution in [3.05, 3.63) is 29.3 Å². The molecule has 1 atom stereocenters. The van der Waals surface area contributed by atoms with Crippen molar-refractivity contribution in [1.29, 1.82) is 0 Å². The highest BCUT2D eigenvalue weighted by Gasteiger charge is 2.11. The van der Waals surface area contributed by atoms with E-state index in [1.54, 1.807) is 0 Å². The van der Waals surface area contributed by atoms with Gasteiger partial charge < -0.3 is 10.1 Å². The first kappa shape index (κ1) is 14.4. The van der Waals surface area contributed by atoms with Crippen LogP contribution < -0.4 is 10.1 Å². The van der Waals surface area contributed by atoms with Gasteiger partial charge in [-0.25, -0.2) is 0 Å². The topological polar surface area (TPSA) is 21.3 Å². The van der Waals surface area contributed by atoms with Crippen molar-refractivity contribution in [3.63, 3.8) is 0 Å². The third-order valence-electron chi connectivity index (χ3n) is 3.96. The number of hydrogen-bond donors (Lipinski definition) is 1. The van der Waals surface area contributed by atoms with Crippen LogP contribution in [0.5, 0.6) is 5.75 Å². The van der Waals surface area contributed by atoms with Gasteiger partial charge in [-0.3, -0.25) is 0 Å². The van der Waals surface area contributed by atoms with Crippen molar-refractivity contribution < 1.29 is 4.74 Å². The van der Waals surface area contributed by atoms with Crippen LogP contribution in [0.4, 0.5) is 0 Å². The van der Waals surface area contributed by atoms with E-state index in [2.05, 4.69) is 37.4 Å². The Kier molecular flexibility index (Phi) is 5.71. The van der Waals surface area contributed by atoms with Gasteiger partial charge in [0, 0.05) is 0 Å². The molecule has 0 aliphatic carbocycles. The summed E-state index contributed by atoms with van der Waals surface area (Å²) in [5, 5.41) is 3.40. The number of ether oxygens (including phenoxy) is 1. The zero-order valence-electron chi connectivity index (χ0n) is 12.4. The molecular weight excluding hydrogens is 234 g/mol. The van der Waals surface area contributed by atoms with E-state index < -0.39 is 0 Å². The van der Waals surface area contributed by atoms with Crippen LogP contribution >= 0.6 is 0 Å². The van der Waals surface area contributed by atoms with Gasteiger partial charge in [0.15, 0.2) is 0 Å². The number of rotatable bonds is 7. The molecule has 1 unspecified atom stereocenters. The van der Waals surface area contributed by atoms with Crippen molar-refractivity contribution in [2.75, 3.05) is 19.7 Å². The van der Waals surface area contributed by atoms with Crippen LogP contribution in [0.25, 0.3) is 0 Å². The van der Waals surface area contributed by atoms with E-state index in [4.69, 9.17) is 4.74 Å². The van der Waals surface area contributed by atoms with Gasteiger partial charge in [-0.05, 0) is 68.3 Å². The lowest BCUT2D eigenvalue weighted by Crippen LogP contribution is -2.16. The maximum absolute atomic E-state index is 5.66. The number of nitrogens with one attached hydrogen (secondary N) is 1. The SMILES string of the molecule is CCNCCC(C)CCc1ccc2c(c1)CCCO2. The molecule has 2 nitrogen and oxygen atoms in total. The predicted molar refractivity (Wildman–Crippen MR) is 80.9 cm³/mol. The van der Waals surface area contributed by atoms with Crippen LogP contribution in [-0.4, -0.2) is 19.7 Å². The highest BCUT2D eigenvalue weighted by molar-refractivity contribution is 5.38. The highest BCUT2D eigenvalue weighted by Crippen LogP contribution is 2.26. The minimum Gasteiger partial charge on any atom is -0.493 e. The molecule has 106 valence electrons. The number of aryl methyl sites for hydroxylation is 2. The van der Waals surface area contributed by atoms with E-state index in [1.807, 2.05) is 0 Å². The van der Waals surface area contributed by atoms with E-state index in [9.17, 15) is 0 Å². The van der Waals surface area contributed by atoms with Gasteiger partial charge in [-0.15, -0.1) is 0 Å². The van der Waals surface area contributed by atoms with Gasteiger partial charge in [0.1, 0.15) is 5.75 Å². The standard InChI is InChI=1S/C17H27NO/c1-3-18-11-10-14(2)6-7-15-8-9-17-16(13-15)5-4-12-19-17/h8-9,13-14,18H,3-7,10-12H2,1-2H3. The van der Waals surface area contributed by atoms with Gasteiger partial charge in [-0.1, -0.05) is 26.0 Å². The number of hydrogen-bond acceptors (Lipinski definition) is 2. The Morgan fingerprint density at radius 3 is 3.05 bits per heavy atom. The molecule has 1 aromatic carbocycles. The molecule has 1 N–H and O–H groups in total. The molecule has 0 fully saturated rings. The minimum absolute atomic E-state index is 0.798. The minimum atomic E-state index is 0.798. The molecule has 0 amide bonds. The summed E-state index contributed by atoms with van der Waals surface area (Å²) in [7, 11) is 0. The highest BCUT2D eigenvalue weighted by atomic mass is 16.5. The molecule has 1 aliphatic rings. The van der Waals surface area contributed by atoms with Crippen LogP contribution in [0.1, 0.15) is 44.2 Å². The van der Waals surface area contributed by atoms with Gasteiger partial charge in [0.25, 0.3) is 0 Å². The molecular formula is C17H27NO. The number of benzene rings is 1. The average Bonchev–Trinajstić information content (AvgIpc) is 2.45. The summed E-state index contributed by atoms with van der Waals surface area (Å²) in [4.78, 5) is 0. The van der Waals surface area contributed by atoms with E-state index in [-0.39, 0.29) is 0 Å². The predicted octanol–water partition coefficient (Wildman–Crippen LogP) is 3.58. The molecule has 1 aliphatic heterocycles. The maximum atomic E-state index is 5.66. The van der Waals surface area contributed by atoms with Crippen molar-refractivity contribution in [3.8, 4) is 5.75 Å². The molecule has 19 heavy (non-hydrogen) atoms. The molecule has 0 bridgehead atoms. The van der Waals surface area contributed by atoms with Crippen LogP contribution in [0.3, 0.4) is 0 Å². The average molecular weight is 261 g/mol. The Morgan fingerprint density at radius 1 is 1.32 bits per heavy atom. The second-order valence-electron chi connectivity index (χ2n) is 5.68. The Balaban J connectivity index is 1.79. The molecule has 0 saturated carbocycles. The summed E-state index contributed by atoms with van der Waals surface area (Å²) in [6, 6.07) is 6.75. The van der Waals surface area contributed by atoms with Gasteiger partial charge in [0.05, 0.1) is 6.61 Å². The largest absolute Gasteiger partial charge is 0.493 e. The zero-order chi connectivity index (χ0) is 13.5. The molecule has 1 aromatic rings. The summed E-state index contributed by atoms with van der Waals surface area (Å²) in [5.74, 6) is 1.90. The Morgan fingerprint density at radius 2 is 2.21 bits per heavy atom. The lowest BCUT2D eigenvalue weighted by atomic mass is 9.96. The Labute approximate surface area is 117 Å². The van der Waals surface area contributed by atoms with Crippen LogP contribution in [-0.2, 0) is 12.8 Å². The smallest absolute Gasteiger partial charge is 0.122 e. The fraction of sp³-hybridized carbons (Fsp3) is 0.647. The van der Waals surface area contributed by atoms with Gasteiger partial charge in [0.2, 0.25) is 0 Å². The fourth-order valence-corrected chi connectivity index (χ4v) is 2.65. The van der Waals surface area contributed by atoms with E-state index >= 15 is 0 Å². The van der Waals surface area contributed by atoms with E-state index in [1.165, 1.54) is 36.8 Å². The van der Waals surface area contributed by atoms with E-state index in [0.29, 0.717) is 0 Å². The second-order valence-corrected chi connectivity index (χ2v) is 5.68. The lowest BCUT2D eigenvalue weighted by molar-refractivity contribution is 0.288. The summed E-state index contributed by atoms with van der Waals surface area (Å²) in [6.45, 7) is 7.64.